The third kappa shape index (κ3) is 3.40. The van der Waals surface area contributed by atoms with E-state index in [0.29, 0.717) is 17.9 Å². The van der Waals surface area contributed by atoms with Crippen molar-refractivity contribution in [2.24, 2.45) is 11.8 Å². The van der Waals surface area contributed by atoms with Gasteiger partial charge in [0.2, 0.25) is 0 Å². The maximum atomic E-state index is 13.8. The van der Waals surface area contributed by atoms with Crippen molar-refractivity contribution >= 4 is 0 Å². The number of halogens is 1. The van der Waals surface area contributed by atoms with E-state index in [-0.39, 0.29) is 11.9 Å². The second-order valence-corrected chi connectivity index (χ2v) is 5.20. The van der Waals surface area contributed by atoms with Crippen LogP contribution in [-0.2, 0) is 13.0 Å². The normalized spacial score (nSPS) is 12.8. The fourth-order valence-electron chi connectivity index (χ4n) is 2.14. The summed E-state index contributed by atoms with van der Waals surface area (Å²) < 4.78 is 15.7. The highest BCUT2D eigenvalue weighted by molar-refractivity contribution is 5.22. The zero-order valence-electron chi connectivity index (χ0n) is 11.8. The molecule has 1 heterocycles. The largest absolute Gasteiger partial charge is 0.271 e. The highest BCUT2D eigenvalue weighted by Gasteiger charge is 2.18. The molecule has 1 aromatic carbocycles. The highest BCUT2D eigenvalue weighted by Crippen LogP contribution is 2.19. The molecule has 2 aromatic rings. The van der Waals surface area contributed by atoms with Gasteiger partial charge in [-0.25, -0.2) is 14.1 Å². The standard InChI is InChI=1S/C14H20FN5/c1-10(2)8-20-14(17-9-18-20)7-13(19-16)11-5-3-4-6-12(11)15/h3-6,9-10,13,19H,7-8,16H2,1-2H3. The van der Waals surface area contributed by atoms with Crippen molar-refractivity contribution in [1.29, 1.82) is 0 Å². The number of hydrazine groups is 1. The van der Waals surface area contributed by atoms with Crippen LogP contribution in [0.4, 0.5) is 4.39 Å². The van der Waals surface area contributed by atoms with Crippen LogP contribution >= 0.6 is 0 Å². The van der Waals surface area contributed by atoms with E-state index in [4.69, 9.17) is 5.84 Å². The Bertz CT molecular complexity index is 552. The molecule has 1 atom stereocenters. The Hall–Kier alpha value is -1.79. The number of nitrogens with one attached hydrogen (secondary N) is 1. The van der Waals surface area contributed by atoms with E-state index in [2.05, 4.69) is 29.4 Å². The summed E-state index contributed by atoms with van der Waals surface area (Å²) in [5.74, 6) is 6.56. The van der Waals surface area contributed by atoms with Gasteiger partial charge in [-0.3, -0.25) is 11.3 Å². The summed E-state index contributed by atoms with van der Waals surface area (Å²) in [6.45, 7) is 5.01. The summed E-state index contributed by atoms with van der Waals surface area (Å²) >= 11 is 0. The fourth-order valence-corrected chi connectivity index (χ4v) is 2.14. The van der Waals surface area contributed by atoms with E-state index in [1.165, 1.54) is 12.4 Å². The molecule has 0 spiro atoms. The van der Waals surface area contributed by atoms with Gasteiger partial charge >= 0.3 is 0 Å². The van der Waals surface area contributed by atoms with Crippen LogP contribution in [0.25, 0.3) is 0 Å². The van der Waals surface area contributed by atoms with Gasteiger partial charge in [-0.1, -0.05) is 32.0 Å². The minimum absolute atomic E-state index is 0.273. The van der Waals surface area contributed by atoms with Crippen LogP contribution in [0, 0.1) is 11.7 Å². The second-order valence-electron chi connectivity index (χ2n) is 5.20. The van der Waals surface area contributed by atoms with Crippen molar-refractivity contribution in [3.63, 3.8) is 0 Å². The maximum absolute atomic E-state index is 13.8. The van der Waals surface area contributed by atoms with Crippen molar-refractivity contribution in [3.8, 4) is 0 Å². The first-order chi connectivity index (χ1) is 9.61. The molecule has 5 nitrogen and oxygen atoms in total. The number of benzene rings is 1. The molecule has 108 valence electrons. The van der Waals surface area contributed by atoms with Crippen molar-refractivity contribution in [2.45, 2.75) is 32.9 Å². The summed E-state index contributed by atoms with van der Waals surface area (Å²) in [5, 5.41) is 4.20. The van der Waals surface area contributed by atoms with E-state index in [1.807, 2.05) is 4.68 Å². The number of hydrogen-bond donors (Lipinski definition) is 2. The first-order valence-corrected chi connectivity index (χ1v) is 6.69. The Morgan fingerprint density at radius 1 is 1.35 bits per heavy atom. The van der Waals surface area contributed by atoms with E-state index in [1.54, 1.807) is 18.2 Å². The molecule has 0 fully saturated rings. The Kier molecular flexibility index (Phi) is 4.81. The fraction of sp³-hybridized carbons (Fsp3) is 0.429. The predicted molar refractivity (Wildman–Crippen MR) is 75.0 cm³/mol. The van der Waals surface area contributed by atoms with Gasteiger partial charge in [0.25, 0.3) is 0 Å². The van der Waals surface area contributed by atoms with Crippen molar-refractivity contribution in [3.05, 3.63) is 47.8 Å². The van der Waals surface area contributed by atoms with E-state index in [0.717, 1.165) is 12.4 Å². The van der Waals surface area contributed by atoms with Crippen LogP contribution in [0.5, 0.6) is 0 Å². The summed E-state index contributed by atoms with van der Waals surface area (Å²) in [6, 6.07) is 6.28. The summed E-state index contributed by atoms with van der Waals surface area (Å²) in [4.78, 5) is 4.25. The van der Waals surface area contributed by atoms with Crippen molar-refractivity contribution in [2.75, 3.05) is 0 Å². The number of nitrogens with zero attached hydrogens (tertiary/aromatic N) is 3. The van der Waals surface area contributed by atoms with Crippen LogP contribution in [0.15, 0.2) is 30.6 Å². The van der Waals surface area contributed by atoms with Gasteiger partial charge in [0, 0.05) is 18.5 Å². The lowest BCUT2D eigenvalue weighted by Gasteiger charge is -2.17. The molecule has 0 saturated carbocycles. The lowest BCUT2D eigenvalue weighted by atomic mass is 10.0. The molecule has 0 bridgehead atoms. The molecule has 20 heavy (non-hydrogen) atoms. The molecule has 0 aliphatic heterocycles. The van der Waals surface area contributed by atoms with Gasteiger partial charge < -0.3 is 0 Å². The van der Waals surface area contributed by atoms with E-state index < -0.39 is 0 Å². The monoisotopic (exact) mass is 277 g/mol. The molecule has 1 unspecified atom stereocenters. The lowest BCUT2D eigenvalue weighted by Crippen LogP contribution is -2.31. The zero-order valence-corrected chi connectivity index (χ0v) is 11.8. The molecule has 0 amide bonds. The van der Waals surface area contributed by atoms with Crippen LogP contribution in [-0.4, -0.2) is 14.8 Å². The molecule has 0 saturated heterocycles. The molecule has 0 aliphatic rings. The van der Waals surface area contributed by atoms with E-state index in [9.17, 15) is 4.39 Å². The SMILES string of the molecule is CC(C)Cn1ncnc1CC(NN)c1ccccc1F. The Balaban J connectivity index is 2.19. The summed E-state index contributed by atoms with van der Waals surface area (Å²) in [7, 11) is 0. The molecular formula is C14H20FN5. The quantitative estimate of drug-likeness (QED) is 0.624. The molecular weight excluding hydrogens is 257 g/mol. The third-order valence-corrected chi connectivity index (χ3v) is 3.10. The van der Waals surface area contributed by atoms with Gasteiger partial charge in [0.05, 0.1) is 6.04 Å². The molecule has 0 aliphatic carbocycles. The van der Waals surface area contributed by atoms with E-state index >= 15 is 0 Å². The average Bonchev–Trinajstić information content (AvgIpc) is 2.83. The van der Waals surface area contributed by atoms with Gasteiger partial charge in [0.1, 0.15) is 18.0 Å². The van der Waals surface area contributed by atoms with Gasteiger partial charge in [-0.05, 0) is 12.0 Å². The Labute approximate surface area is 118 Å². The first kappa shape index (κ1) is 14.6. The summed E-state index contributed by atoms with van der Waals surface area (Å²) in [6.07, 6.45) is 2.01. The minimum atomic E-state index is -0.327. The second kappa shape index (κ2) is 6.58. The smallest absolute Gasteiger partial charge is 0.138 e. The Morgan fingerprint density at radius 3 is 2.75 bits per heavy atom. The topological polar surface area (TPSA) is 68.8 Å². The predicted octanol–water partition coefficient (Wildman–Crippen LogP) is 1.82. The van der Waals surface area contributed by atoms with Gasteiger partial charge in [0.15, 0.2) is 0 Å². The van der Waals surface area contributed by atoms with Crippen molar-refractivity contribution in [1.82, 2.24) is 20.2 Å². The number of aromatic nitrogens is 3. The number of nitrogens with two attached hydrogens (primary N) is 1. The molecule has 1 aromatic heterocycles. The summed E-state index contributed by atoms with van der Waals surface area (Å²) in [5.41, 5.74) is 3.19. The lowest BCUT2D eigenvalue weighted by molar-refractivity contribution is 0.441. The first-order valence-electron chi connectivity index (χ1n) is 6.69. The van der Waals surface area contributed by atoms with Crippen LogP contribution in [0.2, 0.25) is 0 Å². The molecule has 2 rings (SSSR count). The number of rotatable bonds is 6. The van der Waals surface area contributed by atoms with Crippen LogP contribution in [0.3, 0.4) is 0 Å². The zero-order chi connectivity index (χ0) is 14.5. The van der Waals surface area contributed by atoms with Crippen LogP contribution in [0.1, 0.15) is 31.3 Å². The highest BCUT2D eigenvalue weighted by atomic mass is 19.1. The van der Waals surface area contributed by atoms with Gasteiger partial charge in [-0.2, -0.15) is 5.10 Å². The maximum Gasteiger partial charge on any atom is 0.138 e. The Morgan fingerprint density at radius 2 is 2.10 bits per heavy atom. The molecule has 6 heteroatoms. The van der Waals surface area contributed by atoms with Crippen molar-refractivity contribution < 1.29 is 4.39 Å². The molecule has 0 radical (unpaired) electrons. The number of hydrogen-bond acceptors (Lipinski definition) is 4. The van der Waals surface area contributed by atoms with Gasteiger partial charge in [-0.15, -0.1) is 0 Å². The minimum Gasteiger partial charge on any atom is -0.271 e. The van der Waals surface area contributed by atoms with Crippen LogP contribution < -0.4 is 11.3 Å². The molecule has 3 N–H and O–H groups in total. The third-order valence-electron chi connectivity index (χ3n) is 3.10. The average molecular weight is 277 g/mol.